The summed E-state index contributed by atoms with van der Waals surface area (Å²) in [7, 11) is 4.65. The minimum atomic E-state index is -0.494. The molecular formula is C26H27N3O6. The Kier molecular flexibility index (Phi) is 8.87. The van der Waals surface area contributed by atoms with Gasteiger partial charge in [0.25, 0.3) is 5.91 Å². The number of esters is 1. The maximum Gasteiger partial charge on any atom is 0.343 e. The van der Waals surface area contributed by atoms with E-state index in [1.165, 1.54) is 7.11 Å². The van der Waals surface area contributed by atoms with Crippen LogP contribution in [0.3, 0.4) is 0 Å². The number of methoxy groups -OCH3 is 2. The van der Waals surface area contributed by atoms with E-state index < -0.39 is 5.97 Å². The van der Waals surface area contributed by atoms with Crippen LogP contribution in [0.25, 0.3) is 0 Å². The molecule has 0 aliphatic heterocycles. The van der Waals surface area contributed by atoms with Crippen LogP contribution in [0.5, 0.6) is 11.5 Å². The van der Waals surface area contributed by atoms with Crippen LogP contribution in [-0.4, -0.2) is 55.2 Å². The first-order chi connectivity index (χ1) is 16.9. The van der Waals surface area contributed by atoms with E-state index in [1.54, 1.807) is 67.5 Å². The lowest BCUT2D eigenvalue weighted by Gasteiger charge is -2.15. The lowest BCUT2D eigenvalue weighted by atomic mass is 10.1. The van der Waals surface area contributed by atoms with Crippen molar-refractivity contribution in [2.75, 3.05) is 32.8 Å². The Morgan fingerprint density at radius 2 is 1.91 bits per heavy atom. The van der Waals surface area contributed by atoms with Crippen molar-refractivity contribution in [3.05, 3.63) is 71.4 Å². The number of rotatable bonds is 9. The highest BCUT2D eigenvalue weighted by molar-refractivity contribution is 6.04. The van der Waals surface area contributed by atoms with Crippen molar-refractivity contribution in [3.8, 4) is 23.3 Å². The largest absolute Gasteiger partial charge is 0.488 e. The van der Waals surface area contributed by atoms with Crippen molar-refractivity contribution in [2.24, 2.45) is 7.05 Å². The molecule has 1 heterocycles. The summed E-state index contributed by atoms with van der Waals surface area (Å²) in [6.45, 7) is 2.02. The Bertz CT molecular complexity index is 1240. The third kappa shape index (κ3) is 7.62. The number of hydrogen-bond donors (Lipinski definition) is 1. The van der Waals surface area contributed by atoms with Crippen LogP contribution >= 0.6 is 0 Å². The SMILES string of the molecule is COC[C@H](C)Oc1cc(C#Cc2ccccc2OCC(=O)OC)cc(C(=O)Nc2ccn(C)n2)c1. The van der Waals surface area contributed by atoms with Gasteiger partial charge in [-0.15, -0.1) is 0 Å². The van der Waals surface area contributed by atoms with Crippen molar-refractivity contribution < 1.29 is 28.5 Å². The summed E-state index contributed by atoms with van der Waals surface area (Å²) in [5.74, 6) is 6.60. The smallest absolute Gasteiger partial charge is 0.343 e. The van der Waals surface area contributed by atoms with Crippen LogP contribution < -0.4 is 14.8 Å². The summed E-state index contributed by atoms with van der Waals surface area (Å²) in [5, 5.41) is 6.94. The van der Waals surface area contributed by atoms with Crippen molar-refractivity contribution in [1.82, 2.24) is 9.78 Å². The summed E-state index contributed by atoms with van der Waals surface area (Å²) < 4.78 is 22.8. The predicted octanol–water partition coefficient (Wildman–Crippen LogP) is 3.04. The van der Waals surface area contributed by atoms with E-state index in [9.17, 15) is 9.59 Å². The quantitative estimate of drug-likeness (QED) is 0.373. The highest BCUT2D eigenvalue weighted by Crippen LogP contribution is 2.21. The fraction of sp³-hybridized carbons (Fsp3) is 0.269. The molecule has 0 saturated heterocycles. The predicted molar refractivity (Wildman–Crippen MR) is 130 cm³/mol. The summed E-state index contributed by atoms with van der Waals surface area (Å²) in [4.78, 5) is 24.3. The van der Waals surface area contributed by atoms with Crippen molar-refractivity contribution in [3.63, 3.8) is 0 Å². The molecule has 1 atom stereocenters. The number of hydrogen-bond acceptors (Lipinski definition) is 7. The molecule has 0 fully saturated rings. The number of carbonyl (C=O) groups is 2. The van der Waals surface area contributed by atoms with Gasteiger partial charge in [0.2, 0.25) is 0 Å². The van der Waals surface area contributed by atoms with E-state index in [0.717, 1.165) is 0 Å². The van der Waals surface area contributed by atoms with E-state index in [-0.39, 0.29) is 18.6 Å². The van der Waals surface area contributed by atoms with E-state index in [0.29, 0.717) is 40.6 Å². The Labute approximate surface area is 203 Å². The number of amides is 1. The van der Waals surface area contributed by atoms with E-state index in [1.807, 2.05) is 13.0 Å². The van der Waals surface area contributed by atoms with E-state index in [4.69, 9.17) is 14.2 Å². The molecule has 9 heteroatoms. The van der Waals surface area contributed by atoms with Crippen LogP contribution in [-0.2, 0) is 21.3 Å². The number of carbonyl (C=O) groups excluding carboxylic acids is 2. The van der Waals surface area contributed by atoms with Crippen LogP contribution in [0.4, 0.5) is 5.82 Å². The third-order valence-electron chi connectivity index (χ3n) is 4.66. The monoisotopic (exact) mass is 477 g/mol. The van der Waals surface area contributed by atoms with Gasteiger partial charge in [0.05, 0.1) is 19.3 Å². The number of aromatic nitrogens is 2. The van der Waals surface area contributed by atoms with E-state index >= 15 is 0 Å². The first-order valence-electron chi connectivity index (χ1n) is 10.8. The second-order valence-electron chi connectivity index (χ2n) is 7.57. The number of nitrogens with zero attached hydrogens (tertiary/aromatic N) is 2. The first kappa shape index (κ1) is 25.3. The molecule has 1 N–H and O–H groups in total. The average molecular weight is 478 g/mol. The number of aryl methyl sites for hydroxylation is 1. The Morgan fingerprint density at radius 1 is 1.11 bits per heavy atom. The molecule has 1 aromatic heterocycles. The fourth-order valence-electron chi connectivity index (χ4n) is 3.07. The van der Waals surface area contributed by atoms with Gasteiger partial charge in [0.1, 0.15) is 17.6 Å². The number of para-hydroxylation sites is 1. The normalized spacial score (nSPS) is 11.1. The van der Waals surface area contributed by atoms with Crippen molar-refractivity contribution >= 4 is 17.7 Å². The van der Waals surface area contributed by atoms with Crippen molar-refractivity contribution in [2.45, 2.75) is 13.0 Å². The Morgan fingerprint density at radius 3 is 2.63 bits per heavy atom. The highest BCUT2D eigenvalue weighted by atomic mass is 16.6. The zero-order valence-electron chi connectivity index (χ0n) is 20.0. The molecule has 0 unspecified atom stereocenters. The second kappa shape index (κ2) is 12.3. The van der Waals surface area contributed by atoms with Gasteiger partial charge in [-0.3, -0.25) is 9.48 Å². The first-order valence-corrected chi connectivity index (χ1v) is 10.8. The lowest BCUT2D eigenvalue weighted by Crippen LogP contribution is -2.19. The molecule has 35 heavy (non-hydrogen) atoms. The lowest BCUT2D eigenvalue weighted by molar-refractivity contribution is -0.142. The highest BCUT2D eigenvalue weighted by Gasteiger charge is 2.13. The molecule has 182 valence electrons. The molecule has 2 aromatic carbocycles. The average Bonchev–Trinajstić information content (AvgIpc) is 3.25. The Balaban J connectivity index is 1.90. The van der Waals surface area contributed by atoms with Gasteiger partial charge in [-0.25, -0.2) is 4.79 Å². The van der Waals surface area contributed by atoms with Crippen molar-refractivity contribution in [1.29, 1.82) is 0 Å². The number of anilines is 1. The summed E-state index contributed by atoms with van der Waals surface area (Å²) in [6.07, 6.45) is 1.50. The molecule has 0 spiro atoms. The fourth-order valence-corrected chi connectivity index (χ4v) is 3.07. The standard InChI is InChI=1S/C26H27N3O6/c1-18(16-32-3)35-22-14-19(13-21(15-22)26(31)27-24-11-12-29(2)28-24)9-10-20-7-5-6-8-23(20)34-17-25(30)33-4/h5-8,11-15,18H,16-17H2,1-4H3,(H,27,28,31)/t18-/m0/s1. The van der Waals surface area contributed by atoms with Gasteiger partial charge in [-0.1, -0.05) is 24.0 Å². The minimum Gasteiger partial charge on any atom is -0.488 e. The third-order valence-corrected chi connectivity index (χ3v) is 4.66. The maximum absolute atomic E-state index is 12.9. The summed E-state index contributed by atoms with van der Waals surface area (Å²) in [6, 6.07) is 13.8. The van der Waals surface area contributed by atoms with Crippen LogP contribution in [0.1, 0.15) is 28.4 Å². The van der Waals surface area contributed by atoms with Gasteiger partial charge < -0.3 is 24.3 Å². The van der Waals surface area contributed by atoms with E-state index in [2.05, 4.69) is 27.0 Å². The summed E-state index contributed by atoms with van der Waals surface area (Å²) >= 11 is 0. The van der Waals surface area contributed by atoms with Crippen LogP contribution in [0, 0.1) is 11.8 Å². The van der Waals surface area contributed by atoms with Crippen LogP contribution in [0.2, 0.25) is 0 Å². The summed E-state index contributed by atoms with van der Waals surface area (Å²) in [5.41, 5.74) is 1.49. The minimum absolute atomic E-state index is 0.228. The molecular weight excluding hydrogens is 450 g/mol. The molecule has 1 amide bonds. The zero-order valence-corrected chi connectivity index (χ0v) is 20.0. The van der Waals surface area contributed by atoms with Gasteiger partial charge in [0, 0.05) is 37.5 Å². The topological polar surface area (TPSA) is 101 Å². The number of benzene rings is 2. The van der Waals surface area contributed by atoms with Gasteiger partial charge >= 0.3 is 5.97 Å². The van der Waals surface area contributed by atoms with Gasteiger partial charge in [-0.2, -0.15) is 5.10 Å². The maximum atomic E-state index is 12.9. The second-order valence-corrected chi connectivity index (χ2v) is 7.57. The molecule has 3 rings (SSSR count). The molecule has 0 radical (unpaired) electrons. The molecule has 0 aliphatic rings. The van der Waals surface area contributed by atoms with Gasteiger partial charge in [-0.05, 0) is 37.3 Å². The van der Waals surface area contributed by atoms with Crippen LogP contribution in [0.15, 0.2) is 54.7 Å². The molecule has 0 bridgehead atoms. The molecule has 0 aliphatic carbocycles. The van der Waals surface area contributed by atoms with Gasteiger partial charge in [0.15, 0.2) is 12.4 Å². The molecule has 0 saturated carbocycles. The zero-order chi connectivity index (χ0) is 25.2. The molecule has 9 nitrogen and oxygen atoms in total. The molecule has 3 aromatic rings. The number of nitrogens with one attached hydrogen (secondary N) is 1. The number of ether oxygens (including phenoxy) is 4. The Hall–Kier alpha value is -4.29.